The fraction of sp³-hybridized carbons (Fsp3) is 1.00. The molecule has 102 valence electrons. The molecular weight excluding hydrogens is 212 g/mol. The molecule has 0 aliphatic carbocycles. The van der Waals surface area contributed by atoms with E-state index in [1.807, 2.05) is 0 Å². The van der Waals surface area contributed by atoms with Gasteiger partial charge in [-0.05, 0) is 37.5 Å². The van der Waals surface area contributed by atoms with Crippen molar-refractivity contribution in [1.82, 2.24) is 0 Å². The van der Waals surface area contributed by atoms with Gasteiger partial charge in [-0.3, -0.25) is 0 Å². The predicted octanol–water partition coefficient (Wildman–Crippen LogP) is 3.77. The summed E-state index contributed by atoms with van der Waals surface area (Å²) in [6.45, 7) is 12.2. The molecular formula is C15H30O2. The number of hydrogen-bond donors (Lipinski definition) is 1. The topological polar surface area (TPSA) is 29.5 Å². The molecule has 1 unspecified atom stereocenters. The van der Waals surface area contributed by atoms with Gasteiger partial charge in [0.25, 0.3) is 0 Å². The van der Waals surface area contributed by atoms with Crippen LogP contribution in [-0.2, 0) is 4.74 Å². The van der Waals surface area contributed by atoms with Crippen molar-refractivity contribution in [1.29, 1.82) is 0 Å². The molecule has 0 radical (unpaired) electrons. The molecule has 1 N–H and O–H groups in total. The van der Waals surface area contributed by atoms with E-state index in [1.165, 1.54) is 19.3 Å². The van der Waals surface area contributed by atoms with E-state index in [2.05, 4.69) is 34.6 Å². The fourth-order valence-corrected chi connectivity index (χ4v) is 3.74. The molecule has 1 saturated heterocycles. The molecule has 17 heavy (non-hydrogen) atoms. The van der Waals surface area contributed by atoms with Crippen molar-refractivity contribution in [3.05, 3.63) is 0 Å². The van der Waals surface area contributed by atoms with Gasteiger partial charge in [0.2, 0.25) is 0 Å². The van der Waals surface area contributed by atoms with Crippen LogP contribution in [0.2, 0.25) is 0 Å². The summed E-state index contributed by atoms with van der Waals surface area (Å²) in [5.74, 6) is 0. The maximum absolute atomic E-state index is 9.52. The van der Waals surface area contributed by atoms with Gasteiger partial charge in [-0.15, -0.1) is 0 Å². The summed E-state index contributed by atoms with van der Waals surface area (Å²) >= 11 is 0. The Bertz CT molecular complexity index is 243. The van der Waals surface area contributed by atoms with Crippen molar-refractivity contribution in [2.75, 3.05) is 13.2 Å². The molecule has 1 heterocycles. The van der Waals surface area contributed by atoms with Gasteiger partial charge in [0.05, 0.1) is 5.60 Å². The summed E-state index contributed by atoms with van der Waals surface area (Å²) in [6, 6.07) is 0. The third-order valence-electron chi connectivity index (χ3n) is 5.04. The molecule has 0 aromatic rings. The number of ether oxygens (including phenoxy) is 1. The minimum atomic E-state index is -0.0457. The van der Waals surface area contributed by atoms with Gasteiger partial charge >= 0.3 is 0 Å². The van der Waals surface area contributed by atoms with Gasteiger partial charge in [-0.1, -0.05) is 34.6 Å². The van der Waals surface area contributed by atoms with E-state index in [-0.39, 0.29) is 17.6 Å². The zero-order chi connectivity index (χ0) is 13.2. The van der Waals surface area contributed by atoms with Gasteiger partial charge in [0, 0.05) is 18.6 Å². The first-order valence-electron chi connectivity index (χ1n) is 7.16. The number of aliphatic hydroxyl groups excluding tert-OH is 1. The van der Waals surface area contributed by atoms with Crippen molar-refractivity contribution in [3.8, 4) is 0 Å². The van der Waals surface area contributed by atoms with E-state index in [1.54, 1.807) is 0 Å². The molecule has 1 aliphatic rings. The molecule has 0 aromatic carbocycles. The number of rotatable bonds is 6. The van der Waals surface area contributed by atoms with E-state index < -0.39 is 0 Å². The summed E-state index contributed by atoms with van der Waals surface area (Å²) in [6.07, 6.45) is 5.56. The van der Waals surface area contributed by atoms with Gasteiger partial charge in [-0.25, -0.2) is 0 Å². The largest absolute Gasteiger partial charge is 0.396 e. The summed E-state index contributed by atoms with van der Waals surface area (Å²) in [7, 11) is 0. The first-order chi connectivity index (χ1) is 7.91. The summed E-state index contributed by atoms with van der Waals surface area (Å²) in [5, 5.41) is 9.52. The fourth-order valence-electron chi connectivity index (χ4n) is 3.74. The minimum absolute atomic E-state index is 0.0251. The van der Waals surface area contributed by atoms with Gasteiger partial charge < -0.3 is 9.84 Å². The monoisotopic (exact) mass is 242 g/mol. The number of aliphatic hydroxyl groups is 1. The molecule has 0 aromatic heterocycles. The SMILES string of the molecule is CCC1(CC)CCOC1(CC)CC(C)(C)CO. The van der Waals surface area contributed by atoms with Crippen LogP contribution in [0.3, 0.4) is 0 Å². The van der Waals surface area contributed by atoms with Crippen LogP contribution in [0.4, 0.5) is 0 Å². The Kier molecular flexibility index (Phi) is 4.65. The van der Waals surface area contributed by atoms with Crippen molar-refractivity contribution >= 4 is 0 Å². The van der Waals surface area contributed by atoms with Crippen molar-refractivity contribution in [2.45, 2.75) is 72.3 Å². The third kappa shape index (κ3) is 2.53. The quantitative estimate of drug-likeness (QED) is 0.768. The Morgan fingerprint density at radius 2 is 1.71 bits per heavy atom. The highest BCUT2D eigenvalue weighted by Crippen LogP contribution is 2.55. The lowest BCUT2D eigenvalue weighted by Gasteiger charge is -2.47. The molecule has 0 saturated carbocycles. The van der Waals surface area contributed by atoms with Gasteiger partial charge in [-0.2, -0.15) is 0 Å². The van der Waals surface area contributed by atoms with Crippen LogP contribution >= 0.6 is 0 Å². The van der Waals surface area contributed by atoms with E-state index in [0.717, 1.165) is 19.4 Å². The number of hydrogen-bond acceptors (Lipinski definition) is 2. The normalized spacial score (nSPS) is 28.6. The third-order valence-corrected chi connectivity index (χ3v) is 5.04. The lowest BCUT2D eigenvalue weighted by atomic mass is 9.61. The van der Waals surface area contributed by atoms with Crippen LogP contribution in [-0.4, -0.2) is 23.9 Å². The second-order valence-corrected chi connectivity index (χ2v) is 6.43. The maximum atomic E-state index is 9.52. The highest BCUT2D eigenvalue weighted by Gasteiger charge is 2.54. The van der Waals surface area contributed by atoms with E-state index >= 15 is 0 Å². The zero-order valence-corrected chi connectivity index (χ0v) is 12.3. The van der Waals surface area contributed by atoms with Crippen LogP contribution in [0.15, 0.2) is 0 Å². The highest BCUT2D eigenvalue weighted by molar-refractivity contribution is 5.04. The molecule has 1 atom stereocenters. The summed E-state index contributed by atoms with van der Waals surface area (Å²) in [5.41, 5.74) is 0.243. The molecule has 2 nitrogen and oxygen atoms in total. The Morgan fingerprint density at radius 3 is 2.12 bits per heavy atom. The minimum Gasteiger partial charge on any atom is -0.396 e. The molecule has 1 fully saturated rings. The van der Waals surface area contributed by atoms with Crippen LogP contribution in [0, 0.1) is 10.8 Å². The standard InChI is InChI=1S/C15H30O2/c1-6-14(7-2)9-10-17-15(14,8-3)11-13(4,5)12-16/h16H,6-12H2,1-5H3. The van der Waals surface area contributed by atoms with E-state index in [4.69, 9.17) is 4.74 Å². The van der Waals surface area contributed by atoms with Gasteiger partial charge in [0.15, 0.2) is 0 Å². The average molecular weight is 242 g/mol. The summed E-state index contributed by atoms with van der Waals surface area (Å²) < 4.78 is 6.21. The van der Waals surface area contributed by atoms with Crippen molar-refractivity contribution < 1.29 is 9.84 Å². The highest BCUT2D eigenvalue weighted by atomic mass is 16.5. The average Bonchev–Trinajstić information content (AvgIpc) is 2.68. The van der Waals surface area contributed by atoms with E-state index in [0.29, 0.717) is 5.41 Å². The van der Waals surface area contributed by atoms with Crippen molar-refractivity contribution in [2.24, 2.45) is 10.8 Å². The molecule has 0 spiro atoms. The smallest absolute Gasteiger partial charge is 0.0742 e. The Balaban J connectivity index is 3.01. The second-order valence-electron chi connectivity index (χ2n) is 6.43. The molecule has 0 amide bonds. The first kappa shape index (κ1) is 15.0. The predicted molar refractivity (Wildman–Crippen MR) is 72.1 cm³/mol. The maximum Gasteiger partial charge on any atom is 0.0742 e. The second kappa shape index (κ2) is 5.27. The van der Waals surface area contributed by atoms with E-state index in [9.17, 15) is 5.11 Å². The Labute approximate surface area is 107 Å². The van der Waals surface area contributed by atoms with Crippen LogP contribution in [0.1, 0.15) is 66.7 Å². The van der Waals surface area contributed by atoms with Crippen LogP contribution in [0.25, 0.3) is 0 Å². The first-order valence-corrected chi connectivity index (χ1v) is 7.16. The Morgan fingerprint density at radius 1 is 1.12 bits per heavy atom. The van der Waals surface area contributed by atoms with Crippen LogP contribution in [0.5, 0.6) is 0 Å². The molecule has 0 bridgehead atoms. The Hall–Kier alpha value is -0.0800. The lowest BCUT2D eigenvalue weighted by Crippen LogP contribution is -2.47. The molecule has 2 heteroatoms. The van der Waals surface area contributed by atoms with Crippen molar-refractivity contribution in [3.63, 3.8) is 0 Å². The molecule has 1 aliphatic heterocycles. The lowest BCUT2D eigenvalue weighted by molar-refractivity contribution is -0.104. The molecule has 1 rings (SSSR count). The summed E-state index contributed by atoms with van der Waals surface area (Å²) in [4.78, 5) is 0. The zero-order valence-electron chi connectivity index (χ0n) is 12.3. The van der Waals surface area contributed by atoms with Crippen LogP contribution < -0.4 is 0 Å². The van der Waals surface area contributed by atoms with Gasteiger partial charge in [0.1, 0.15) is 0 Å².